The first-order valence-corrected chi connectivity index (χ1v) is 11.2. The van der Waals surface area contributed by atoms with E-state index in [0.717, 1.165) is 35.1 Å². The lowest BCUT2D eigenvalue weighted by Gasteiger charge is -2.29. The largest absolute Gasteiger partial charge is 0.463 e. The minimum absolute atomic E-state index is 0.331. The number of nitrogens with zero attached hydrogens (tertiary/aromatic N) is 2. The van der Waals surface area contributed by atoms with Crippen LogP contribution in [-0.2, 0) is 10.0 Å². The van der Waals surface area contributed by atoms with Gasteiger partial charge in [0.15, 0.2) is 10.9 Å². The summed E-state index contributed by atoms with van der Waals surface area (Å²) in [4.78, 5) is 4.82. The predicted octanol–water partition coefficient (Wildman–Crippen LogP) is 4.57. The molecule has 1 fully saturated rings. The molecular formula is C19H21N3O3S2. The van der Waals surface area contributed by atoms with Crippen molar-refractivity contribution in [2.24, 2.45) is 5.92 Å². The van der Waals surface area contributed by atoms with Gasteiger partial charge in [-0.1, -0.05) is 6.92 Å². The smallest absolute Gasteiger partial charge is 0.243 e. The van der Waals surface area contributed by atoms with Crippen LogP contribution in [0.3, 0.4) is 0 Å². The molecule has 2 aromatic heterocycles. The van der Waals surface area contributed by atoms with Gasteiger partial charge >= 0.3 is 0 Å². The van der Waals surface area contributed by atoms with Crippen LogP contribution >= 0.6 is 11.3 Å². The Morgan fingerprint density at radius 1 is 1.19 bits per heavy atom. The van der Waals surface area contributed by atoms with Crippen LogP contribution in [0.15, 0.2) is 57.4 Å². The molecule has 0 aliphatic carbocycles. The van der Waals surface area contributed by atoms with Crippen molar-refractivity contribution in [1.82, 2.24) is 9.29 Å². The molecule has 6 nitrogen and oxygen atoms in total. The van der Waals surface area contributed by atoms with Gasteiger partial charge in [0.05, 0.1) is 11.2 Å². The Kier molecular flexibility index (Phi) is 5.03. The maximum atomic E-state index is 12.8. The van der Waals surface area contributed by atoms with E-state index in [-0.39, 0.29) is 0 Å². The van der Waals surface area contributed by atoms with Gasteiger partial charge in [0, 0.05) is 24.2 Å². The third kappa shape index (κ3) is 3.92. The number of benzene rings is 1. The number of hydrogen-bond donors (Lipinski definition) is 1. The van der Waals surface area contributed by atoms with E-state index < -0.39 is 10.0 Å². The Labute approximate surface area is 162 Å². The van der Waals surface area contributed by atoms with Crippen LogP contribution in [0, 0.1) is 5.92 Å². The Morgan fingerprint density at radius 3 is 2.59 bits per heavy atom. The average Bonchev–Trinajstić information content (AvgIpc) is 3.34. The molecule has 3 aromatic rings. The second kappa shape index (κ2) is 7.46. The first-order chi connectivity index (χ1) is 13.0. The second-order valence-corrected chi connectivity index (χ2v) is 9.55. The number of anilines is 2. The highest BCUT2D eigenvalue weighted by Crippen LogP contribution is 2.28. The van der Waals surface area contributed by atoms with Gasteiger partial charge in [0.25, 0.3) is 0 Å². The van der Waals surface area contributed by atoms with Gasteiger partial charge < -0.3 is 9.73 Å². The van der Waals surface area contributed by atoms with Crippen LogP contribution in [0.5, 0.6) is 0 Å². The van der Waals surface area contributed by atoms with Crippen molar-refractivity contribution in [2.45, 2.75) is 24.7 Å². The summed E-state index contributed by atoms with van der Waals surface area (Å²) in [5, 5.41) is 5.85. The van der Waals surface area contributed by atoms with Crippen molar-refractivity contribution in [3.63, 3.8) is 0 Å². The van der Waals surface area contributed by atoms with Crippen LogP contribution in [0.4, 0.5) is 10.8 Å². The van der Waals surface area contributed by atoms with E-state index in [1.54, 1.807) is 34.8 Å². The summed E-state index contributed by atoms with van der Waals surface area (Å²) in [5.74, 6) is 1.31. The number of furan rings is 1. The van der Waals surface area contributed by atoms with Gasteiger partial charge in [0.1, 0.15) is 5.69 Å². The molecule has 142 valence electrons. The molecule has 1 aromatic carbocycles. The second-order valence-electron chi connectivity index (χ2n) is 6.75. The van der Waals surface area contributed by atoms with Crippen LogP contribution in [0.2, 0.25) is 0 Å². The number of hydrogen-bond acceptors (Lipinski definition) is 6. The lowest BCUT2D eigenvalue weighted by Crippen LogP contribution is -2.37. The zero-order valence-corrected chi connectivity index (χ0v) is 16.6. The number of piperidine rings is 1. The van der Waals surface area contributed by atoms with Gasteiger partial charge in [-0.15, -0.1) is 11.3 Å². The normalized spacial score (nSPS) is 16.5. The van der Waals surface area contributed by atoms with Crippen molar-refractivity contribution >= 4 is 32.2 Å². The van der Waals surface area contributed by atoms with E-state index in [4.69, 9.17) is 4.42 Å². The molecule has 0 bridgehead atoms. The van der Waals surface area contributed by atoms with E-state index >= 15 is 0 Å². The molecule has 8 heteroatoms. The summed E-state index contributed by atoms with van der Waals surface area (Å²) in [6.07, 6.45) is 3.45. The first kappa shape index (κ1) is 18.2. The Hall–Kier alpha value is -2.16. The van der Waals surface area contributed by atoms with Gasteiger partial charge in [0.2, 0.25) is 10.0 Å². The first-order valence-electron chi connectivity index (χ1n) is 8.89. The zero-order valence-electron chi connectivity index (χ0n) is 15.0. The van der Waals surface area contributed by atoms with Crippen LogP contribution in [0.25, 0.3) is 11.5 Å². The Bertz CT molecular complexity index is 987. The van der Waals surface area contributed by atoms with Crippen molar-refractivity contribution in [2.75, 3.05) is 18.4 Å². The van der Waals surface area contributed by atoms with Crippen molar-refractivity contribution in [3.8, 4) is 11.5 Å². The fraction of sp³-hybridized carbons (Fsp3) is 0.316. The molecule has 27 heavy (non-hydrogen) atoms. The maximum absolute atomic E-state index is 12.8. The van der Waals surface area contributed by atoms with E-state index in [1.807, 2.05) is 17.5 Å². The minimum Gasteiger partial charge on any atom is -0.463 e. The summed E-state index contributed by atoms with van der Waals surface area (Å²) < 4.78 is 32.5. The standard InChI is InChI=1S/C19H21N3O3S2/c1-14-8-10-22(11-9-14)27(23,24)16-6-4-15(5-7-16)20-19-21-17(13-26-19)18-3-2-12-25-18/h2-7,12-14H,8-11H2,1H3,(H,20,21). The van der Waals surface area contributed by atoms with Crippen LogP contribution in [0.1, 0.15) is 19.8 Å². The number of aromatic nitrogens is 1. The van der Waals surface area contributed by atoms with E-state index in [2.05, 4.69) is 17.2 Å². The van der Waals surface area contributed by atoms with Crippen molar-refractivity contribution in [1.29, 1.82) is 0 Å². The third-order valence-electron chi connectivity index (χ3n) is 4.76. The summed E-state index contributed by atoms with van der Waals surface area (Å²) in [6, 6.07) is 10.5. The molecule has 0 radical (unpaired) electrons. The number of nitrogens with one attached hydrogen (secondary N) is 1. The summed E-state index contributed by atoms with van der Waals surface area (Å²) in [7, 11) is -3.42. The average molecular weight is 404 g/mol. The van der Waals surface area contributed by atoms with Gasteiger partial charge in [-0.3, -0.25) is 0 Å². The lowest BCUT2D eigenvalue weighted by molar-refractivity contribution is 0.288. The molecule has 1 aliphatic rings. The molecule has 4 rings (SSSR count). The quantitative estimate of drug-likeness (QED) is 0.675. The molecule has 0 atom stereocenters. The predicted molar refractivity (Wildman–Crippen MR) is 107 cm³/mol. The molecule has 0 saturated carbocycles. The third-order valence-corrected chi connectivity index (χ3v) is 7.43. The van der Waals surface area contributed by atoms with Crippen molar-refractivity contribution < 1.29 is 12.8 Å². The Morgan fingerprint density at radius 2 is 1.93 bits per heavy atom. The van der Waals surface area contributed by atoms with Gasteiger partial charge in [-0.25, -0.2) is 13.4 Å². The van der Waals surface area contributed by atoms with E-state index in [9.17, 15) is 8.42 Å². The highest BCUT2D eigenvalue weighted by molar-refractivity contribution is 7.89. The van der Waals surface area contributed by atoms with Gasteiger partial charge in [-0.05, 0) is 55.2 Å². The summed E-state index contributed by atoms with van der Waals surface area (Å²) >= 11 is 1.47. The molecular weight excluding hydrogens is 382 g/mol. The van der Waals surface area contributed by atoms with E-state index in [0.29, 0.717) is 23.9 Å². The maximum Gasteiger partial charge on any atom is 0.243 e. The topological polar surface area (TPSA) is 75.4 Å². The summed E-state index contributed by atoms with van der Waals surface area (Å²) in [6.45, 7) is 3.36. The fourth-order valence-corrected chi connectivity index (χ4v) is 5.27. The monoisotopic (exact) mass is 403 g/mol. The molecule has 1 aliphatic heterocycles. The SMILES string of the molecule is CC1CCN(S(=O)(=O)c2ccc(Nc3nc(-c4ccco4)cs3)cc2)CC1. The highest BCUT2D eigenvalue weighted by Gasteiger charge is 2.27. The highest BCUT2D eigenvalue weighted by atomic mass is 32.2. The van der Waals surface area contributed by atoms with Gasteiger partial charge in [-0.2, -0.15) is 4.31 Å². The zero-order chi connectivity index (χ0) is 18.9. The molecule has 1 N–H and O–H groups in total. The number of sulfonamides is 1. The Balaban J connectivity index is 1.46. The molecule has 0 spiro atoms. The minimum atomic E-state index is -3.42. The number of thiazole rings is 1. The van der Waals surface area contributed by atoms with E-state index in [1.165, 1.54) is 11.3 Å². The molecule has 0 amide bonds. The molecule has 3 heterocycles. The summed E-state index contributed by atoms with van der Waals surface area (Å²) in [5.41, 5.74) is 1.56. The molecule has 0 unspecified atom stereocenters. The lowest BCUT2D eigenvalue weighted by atomic mass is 10.0. The van der Waals surface area contributed by atoms with Crippen molar-refractivity contribution in [3.05, 3.63) is 48.0 Å². The van der Waals surface area contributed by atoms with Crippen LogP contribution < -0.4 is 5.32 Å². The fourth-order valence-electron chi connectivity index (χ4n) is 3.08. The molecule has 1 saturated heterocycles. The number of rotatable bonds is 5. The van der Waals surface area contributed by atoms with Crippen LogP contribution in [-0.4, -0.2) is 30.8 Å².